The molecule has 5 nitrogen and oxygen atoms in total. The van der Waals surface area contributed by atoms with Gasteiger partial charge in [0.2, 0.25) is 0 Å². The smallest absolute Gasteiger partial charge is 0.509 e. The SMILES string of the molecule is Cc1ccnc(-n2c3[c-]c(Oc4[c-]c(-n5nc(-c6ccccc6)c(-c6c(C)cc(C)cc6C)c5-c5ccccc5)cc(C(C)C)c4)ccc3c3ccccc32)c1.[Pd+2]. The minimum absolute atomic E-state index is 0. The van der Waals surface area contributed by atoms with Crippen molar-refractivity contribution in [1.29, 1.82) is 0 Å². The monoisotopic (exact) mass is 832 g/mol. The van der Waals surface area contributed by atoms with Crippen molar-refractivity contribution in [2.45, 2.75) is 47.5 Å². The van der Waals surface area contributed by atoms with Crippen LogP contribution in [-0.4, -0.2) is 19.3 Å². The fourth-order valence-corrected chi connectivity index (χ4v) is 8.05. The van der Waals surface area contributed by atoms with Crippen molar-refractivity contribution in [2.24, 2.45) is 0 Å². The van der Waals surface area contributed by atoms with E-state index in [2.05, 4.69) is 184 Å². The minimum Gasteiger partial charge on any atom is -0.509 e. The van der Waals surface area contributed by atoms with Crippen molar-refractivity contribution < 1.29 is 25.2 Å². The zero-order chi connectivity index (χ0) is 38.5. The van der Waals surface area contributed by atoms with E-state index in [1.54, 1.807) is 0 Å². The van der Waals surface area contributed by atoms with E-state index in [1.165, 1.54) is 22.3 Å². The van der Waals surface area contributed by atoms with Gasteiger partial charge in [-0.3, -0.25) is 4.68 Å². The summed E-state index contributed by atoms with van der Waals surface area (Å²) < 4.78 is 11.0. The van der Waals surface area contributed by atoms with Gasteiger partial charge in [0.05, 0.1) is 5.69 Å². The fraction of sp³-hybridized carbons (Fsp3) is 0.137. The number of pyridine rings is 1. The van der Waals surface area contributed by atoms with Crippen LogP contribution in [0.3, 0.4) is 0 Å². The van der Waals surface area contributed by atoms with Gasteiger partial charge in [0.1, 0.15) is 11.5 Å². The standard InChI is InChI=1S/C51H42N4O.Pd/c1-32(2)39-28-40(30-42(29-39)56-41-21-22-44-43-19-13-14-20-45(43)54(46(44)31-41)47-27-33(3)23-24-52-47)55-51(38-17-11-8-12-18-38)49(48-35(5)25-34(4)26-36(48)6)50(53-55)37-15-9-7-10-16-37;/h7-29,32H,1-6H3;/q-2;+2. The van der Waals surface area contributed by atoms with Crippen LogP contribution in [0.25, 0.3) is 67.0 Å². The minimum atomic E-state index is 0. The number of benzene rings is 6. The molecule has 282 valence electrons. The third-order valence-electron chi connectivity index (χ3n) is 10.6. The molecule has 0 atom stereocenters. The van der Waals surface area contributed by atoms with Crippen LogP contribution in [0.2, 0.25) is 0 Å². The molecule has 0 spiro atoms. The molecule has 9 rings (SSSR count). The summed E-state index contributed by atoms with van der Waals surface area (Å²) in [6.45, 7) is 13.1. The topological polar surface area (TPSA) is 44.9 Å². The number of hydrogen-bond donors (Lipinski definition) is 0. The van der Waals surface area contributed by atoms with Gasteiger partial charge in [0.25, 0.3) is 0 Å². The molecule has 0 unspecified atom stereocenters. The van der Waals surface area contributed by atoms with Crippen molar-refractivity contribution in [3.05, 3.63) is 180 Å². The number of nitrogens with zero attached hydrogens (tertiary/aromatic N) is 4. The van der Waals surface area contributed by atoms with Crippen LogP contribution >= 0.6 is 0 Å². The molecular formula is C51H42N4OPd. The first-order chi connectivity index (χ1) is 27.2. The number of aryl methyl sites for hydroxylation is 4. The van der Waals surface area contributed by atoms with E-state index in [4.69, 9.17) is 14.8 Å². The molecule has 57 heavy (non-hydrogen) atoms. The van der Waals surface area contributed by atoms with Crippen LogP contribution in [0.15, 0.2) is 140 Å². The summed E-state index contributed by atoms with van der Waals surface area (Å²) in [4.78, 5) is 4.76. The molecule has 3 heterocycles. The predicted molar refractivity (Wildman–Crippen MR) is 229 cm³/mol. The van der Waals surface area contributed by atoms with Crippen molar-refractivity contribution in [3.63, 3.8) is 0 Å². The average Bonchev–Trinajstić information content (AvgIpc) is 3.74. The van der Waals surface area contributed by atoms with E-state index < -0.39 is 0 Å². The van der Waals surface area contributed by atoms with E-state index in [1.807, 2.05) is 18.3 Å². The molecule has 0 aliphatic heterocycles. The molecule has 0 saturated carbocycles. The fourth-order valence-electron chi connectivity index (χ4n) is 8.05. The molecule has 6 aromatic carbocycles. The van der Waals surface area contributed by atoms with Gasteiger partial charge in [0.15, 0.2) is 0 Å². The number of ether oxygens (including phenoxy) is 1. The Morgan fingerprint density at radius 1 is 0.614 bits per heavy atom. The Labute approximate surface area is 348 Å². The molecule has 6 heteroatoms. The zero-order valence-electron chi connectivity index (χ0n) is 32.9. The first kappa shape index (κ1) is 37.8. The molecule has 0 radical (unpaired) electrons. The van der Waals surface area contributed by atoms with Crippen molar-refractivity contribution in [2.75, 3.05) is 0 Å². The van der Waals surface area contributed by atoms with Gasteiger partial charge in [-0.25, -0.2) is 4.98 Å². The maximum Gasteiger partial charge on any atom is 2.00 e. The van der Waals surface area contributed by atoms with Gasteiger partial charge in [-0.1, -0.05) is 116 Å². The van der Waals surface area contributed by atoms with E-state index in [9.17, 15) is 0 Å². The average molecular weight is 833 g/mol. The van der Waals surface area contributed by atoms with Gasteiger partial charge in [-0.2, -0.15) is 11.2 Å². The molecule has 3 aromatic heterocycles. The number of hydrogen-bond acceptors (Lipinski definition) is 3. The Morgan fingerprint density at radius 3 is 2.00 bits per heavy atom. The van der Waals surface area contributed by atoms with Crippen molar-refractivity contribution >= 4 is 21.8 Å². The van der Waals surface area contributed by atoms with Crippen LogP contribution in [0.5, 0.6) is 11.5 Å². The Hall–Kier alpha value is -6.06. The second-order valence-electron chi connectivity index (χ2n) is 15.0. The van der Waals surface area contributed by atoms with Gasteiger partial charge in [0, 0.05) is 39.9 Å². The van der Waals surface area contributed by atoms with E-state index >= 15 is 0 Å². The molecule has 0 fully saturated rings. The quantitative estimate of drug-likeness (QED) is 0.113. The first-order valence-electron chi connectivity index (χ1n) is 19.2. The first-order valence-corrected chi connectivity index (χ1v) is 19.2. The summed E-state index contributed by atoms with van der Waals surface area (Å²) in [6, 6.07) is 53.8. The summed E-state index contributed by atoms with van der Waals surface area (Å²) in [7, 11) is 0. The second kappa shape index (κ2) is 15.5. The Morgan fingerprint density at radius 2 is 1.30 bits per heavy atom. The molecule has 0 aliphatic carbocycles. The molecule has 0 aliphatic rings. The van der Waals surface area contributed by atoms with Crippen LogP contribution in [0, 0.1) is 39.8 Å². The summed E-state index contributed by atoms with van der Waals surface area (Å²) in [5.74, 6) is 2.25. The summed E-state index contributed by atoms with van der Waals surface area (Å²) in [6.07, 6.45) is 1.86. The molecule has 0 bridgehead atoms. The molecule has 9 aromatic rings. The zero-order valence-corrected chi connectivity index (χ0v) is 34.4. The predicted octanol–water partition coefficient (Wildman–Crippen LogP) is 13.1. The maximum absolute atomic E-state index is 6.77. The van der Waals surface area contributed by atoms with Crippen LogP contribution in [0.4, 0.5) is 0 Å². The number of fused-ring (bicyclic) bond motifs is 3. The van der Waals surface area contributed by atoms with E-state index in [0.29, 0.717) is 11.5 Å². The van der Waals surface area contributed by atoms with E-state index in [0.717, 1.165) is 72.5 Å². The number of para-hydroxylation sites is 1. The summed E-state index contributed by atoms with van der Waals surface area (Å²) >= 11 is 0. The summed E-state index contributed by atoms with van der Waals surface area (Å²) in [5, 5.41) is 7.71. The largest absolute Gasteiger partial charge is 2.00 e. The summed E-state index contributed by atoms with van der Waals surface area (Å²) in [5.41, 5.74) is 15.0. The molecule has 0 N–H and O–H groups in total. The third kappa shape index (κ3) is 7.01. The number of aromatic nitrogens is 4. The second-order valence-corrected chi connectivity index (χ2v) is 15.0. The van der Waals surface area contributed by atoms with Crippen molar-refractivity contribution in [3.8, 4) is 56.6 Å². The van der Waals surface area contributed by atoms with Crippen LogP contribution in [0.1, 0.15) is 47.6 Å². The van der Waals surface area contributed by atoms with E-state index in [-0.39, 0.29) is 26.3 Å². The Kier molecular flexibility index (Phi) is 10.3. The molecule has 0 saturated heterocycles. The Balaban J connectivity index is 0.00000455. The third-order valence-corrected chi connectivity index (χ3v) is 10.6. The van der Waals surface area contributed by atoms with Crippen LogP contribution in [-0.2, 0) is 20.4 Å². The maximum atomic E-state index is 6.77. The van der Waals surface area contributed by atoms with Crippen LogP contribution < -0.4 is 4.74 Å². The Bertz CT molecular complexity index is 2880. The number of rotatable bonds is 8. The normalized spacial score (nSPS) is 11.4. The van der Waals surface area contributed by atoms with Gasteiger partial charge >= 0.3 is 20.4 Å². The molecule has 0 amide bonds. The van der Waals surface area contributed by atoms with Crippen molar-refractivity contribution in [1.82, 2.24) is 19.3 Å². The van der Waals surface area contributed by atoms with Gasteiger partial charge in [-0.05, 0) is 85.1 Å². The molecular weight excluding hydrogens is 791 g/mol. The van der Waals surface area contributed by atoms with Gasteiger partial charge < -0.3 is 9.30 Å². The van der Waals surface area contributed by atoms with Gasteiger partial charge in [-0.15, -0.1) is 41.3 Å².